The Morgan fingerprint density at radius 2 is 1.77 bits per heavy atom. The van der Waals surface area contributed by atoms with Crippen molar-refractivity contribution in [2.45, 2.75) is 50.0 Å². The van der Waals surface area contributed by atoms with Crippen LogP contribution in [0.15, 0.2) is 52.4 Å². The number of sulfonamides is 1. The SMILES string of the molecule is Cc1cccc2sc(=NC(=O)c3ccc(S(=O)(=O)N(C)C4CCCCC4)cc3)n(C)c12. The second-order valence-corrected chi connectivity index (χ2v) is 11.1. The summed E-state index contributed by atoms with van der Waals surface area (Å²) in [5.74, 6) is -0.385. The zero-order valence-electron chi connectivity index (χ0n) is 18.0. The minimum Gasteiger partial charge on any atom is -0.319 e. The van der Waals surface area contributed by atoms with Gasteiger partial charge >= 0.3 is 0 Å². The number of thiazole rings is 1. The van der Waals surface area contributed by atoms with Gasteiger partial charge in [-0.05, 0) is 55.7 Å². The lowest BCUT2D eigenvalue weighted by Gasteiger charge is -2.30. The van der Waals surface area contributed by atoms with Crippen molar-refractivity contribution in [2.24, 2.45) is 12.0 Å². The zero-order chi connectivity index (χ0) is 22.2. The van der Waals surface area contributed by atoms with E-state index in [9.17, 15) is 13.2 Å². The molecule has 0 saturated heterocycles. The van der Waals surface area contributed by atoms with Crippen molar-refractivity contribution in [3.63, 3.8) is 0 Å². The van der Waals surface area contributed by atoms with Gasteiger partial charge in [-0.2, -0.15) is 9.30 Å². The molecular weight excluding hydrogens is 430 g/mol. The maximum Gasteiger partial charge on any atom is 0.279 e. The molecule has 4 rings (SSSR count). The smallest absolute Gasteiger partial charge is 0.279 e. The van der Waals surface area contributed by atoms with Crippen LogP contribution in [0.3, 0.4) is 0 Å². The summed E-state index contributed by atoms with van der Waals surface area (Å²) < 4.78 is 30.5. The summed E-state index contributed by atoms with van der Waals surface area (Å²) >= 11 is 1.46. The van der Waals surface area contributed by atoms with Crippen LogP contribution in [0.25, 0.3) is 10.2 Å². The summed E-state index contributed by atoms with van der Waals surface area (Å²) in [7, 11) is -0.0260. The van der Waals surface area contributed by atoms with E-state index in [1.807, 2.05) is 36.7 Å². The quantitative estimate of drug-likeness (QED) is 0.588. The third-order valence-corrected chi connectivity index (χ3v) is 9.11. The number of hydrogen-bond acceptors (Lipinski definition) is 4. The number of aromatic nitrogens is 1. The highest BCUT2D eigenvalue weighted by Gasteiger charge is 2.29. The van der Waals surface area contributed by atoms with Crippen LogP contribution in [0.2, 0.25) is 0 Å². The number of rotatable bonds is 4. The van der Waals surface area contributed by atoms with Crippen molar-refractivity contribution in [1.29, 1.82) is 0 Å². The molecule has 0 N–H and O–H groups in total. The Hall–Kier alpha value is -2.29. The predicted molar refractivity (Wildman–Crippen MR) is 124 cm³/mol. The molecule has 1 aliphatic carbocycles. The van der Waals surface area contributed by atoms with Crippen molar-refractivity contribution < 1.29 is 13.2 Å². The van der Waals surface area contributed by atoms with E-state index in [1.54, 1.807) is 19.2 Å². The van der Waals surface area contributed by atoms with Crippen LogP contribution < -0.4 is 4.80 Å². The average molecular weight is 458 g/mol. The highest BCUT2D eigenvalue weighted by atomic mass is 32.2. The second-order valence-electron chi connectivity index (χ2n) is 8.12. The molecular formula is C23H27N3O3S2. The van der Waals surface area contributed by atoms with Crippen LogP contribution in [0, 0.1) is 6.92 Å². The van der Waals surface area contributed by atoms with Gasteiger partial charge < -0.3 is 4.57 Å². The molecule has 1 aliphatic rings. The van der Waals surface area contributed by atoms with Gasteiger partial charge in [0, 0.05) is 25.7 Å². The van der Waals surface area contributed by atoms with E-state index in [0.717, 1.165) is 41.5 Å². The summed E-state index contributed by atoms with van der Waals surface area (Å²) in [5.41, 5.74) is 2.56. The standard InChI is InChI=1S/C23H27N3O3S2/c1-16-8-7-11-20-21(16)25(2)23(30-20)24-22(27)17-12-14-19(15-13-17)31(28,29)26(3)18-9-5-4-6-10-18/h7-8,11-15,18H,4-6,9-10H2,1-3H3. The number of para-hydroxylation sites is 1. The predicted octanol–water partition coefficient (Wildman–Crippen LogP) is 4.24. The van der Waals surface area contributed by atoms with Crippen LogP contribution in [0.1, 0.15) is 48.0 Å². The Bertz CT molecular complexity index is 1280. The fraction of sp³-hybridized carbons (Fsp3) is 0.391. The molecule has 6 nitrogen and oxygen atoms in total. The largest absolute Gasteiger partial charge is 0.319 e. The van der Waals surface area contributed by atoms with Crippen molar-refractivity contribution in [2.75, 3.05) is 7.05 Å². The highest BCUT2D eigenvalue weighted by molar-refractivity contribution is 7.89. The lowest BCUT2D eigenvalue weighted by Crippen LogP contribution is -2.38. The number of amides is 1. The van der Waals surface area contributed by atoms with Gasteiger partial charge in [0.25, 0.3) is 5.91 Å². The van der Waals surface area contributed by atoms with Gasteiger partial charge in [0.15, 0.2) is 4.80 Å². The molecule has 0 atom stereocenters. The molecule has 0 unspecified atom stereocenters. The number of nitrogens with zero attached hydrogens (tertiary/aromatic N) is 3. The zero-order valence-corrected chi connectivity index (χ0v) is 19.7. The summed E-state index contributed by atoms with van der Waals surface area (Å²) in [6.45, 7) is 2.03. The van der Waals surface area contributed by atoms with Crippen LogP contribution in [0.4, 0.5) is 0 Å². The topological polar surface area (TPSA) is 71.7 Å². The van der Waals surface area contributed by atoms with E-state index in [1.165, 1.54) is 34.2 Å². The number of carbonyl (C=O) groups excluding carboxylic acids is 1. The third kappa shape index (κ3) is 4.24. The fourth-order valence-electron chi connectivity index (χ4n) is 4.23. The van der Waals surface area contributed by atoms with E-state index in [4.69, 9.17) is 0 Å². The van der Waals surface area contributed by atoms with E-state index in [-0.39, 0.29) is 16.8 Å². The normalized spacial score (nSPS) is 16.3. The molecule has 3 aromatic rings. The number of fused-ring (bicyclic) bond motifs is 1. The Balaban J connectivity index is 1.59. The van der Waals surface area contributed by atoms with Crippen molar-refractivity contribution in [3.8, 4) is 0 Å². The van der Waals surface area contributed by atoms with Crippen molar-refractivity contribution >= 4 is 37.5 Å². The Morgan fingerprint density at radius 3 is 2.42 bits per heavy atom. The van der Waals surface area contributed by atoms with Gasteiger partial charge in [-0.1, -0.05) is 42.7 Å². The molecule has 0 radical (unpaired) electrons. The Morgan fingerprint density at radius 1 is 1.10 bits per heavy atom. The minimum absolute atomic E-state index is 0.0477. The van der Waals surface area contributed by atoms with Gasteiger partial charge in [-0.15, -0.1) is 0 Å². The highest BCUT2D eigenvalue weighted by Crippen LogP contribution is 2.26. The molecule has 1 saturated carbocycles. The number of benzene rings is 2. The summed E-state index contributed by atoms with van der Waals surface area (Å²) in [6.07, 6.45) is 5.10. The Labute approximate surface area is 186 Å². The molecule has 1 aromatic heterocycles. The minimum atomic E-state index is -3.58. The summed E-state index contributed by atoms with van der Waals surface area (Å²) in [5, 5.41) is 0. The molecule has 164 valence electrons. The van der Waals surface area contributed by atoms with Crippen molar-refractivity contribution in [3.05, 3.63) is 58.4 Å². The van der Waals surface area contributed by atoms with Gasteiger partial charge in [0.05, 0.1) is 15.1 Å². The maximum atomic E-state index is 13.0. The lowest BCUT2D eigenvalue weighted by molar-refractivity contribution is 0.0998. The fourth-order valence-corrected chi connectivity index (χ4v) is 6.74. The summed E-state index contributed by atoms with van der Waals surface area (Å²) in [6, 6.07) is 12.2. The van der Waals surface area contributed by atoms with Gasteiger partial charge in [-0.3, -0.25) is 4.79 Å². The first-order valence-electron chi connectivity index (χ1n) is 10.5. The molecule has 0 bridgehead atoms. The lowest BCUT2D eigenvalue weighted by atomic mass is 9.96. The summed E-state index contributed by atoms with van der Waals surface area (Å²) in [4.78, 5) is 17.8. The first kappa shape index (κ1) is 21.9. The van der Waals surface area contributed by atoms with Gasteiger partial charge in [0.2, 0.25) is 10.0 Å². The van der Waals surface area contributed by atoms with Crippen LogP contribution >= 0.6 is 11.3 Å². The molecule has 8 heteroatoms. The Kier molecular flexibility index (Phi) is 6.14. The third-order valence-electron chi connectivity index (χ3n) is 6.09. The van der Waals surface area contributed by atoms with Gasteiger partial charge in [-0.25, -0.2) is 8.42 Å². The monoisotopic (exact) mass is 457 g/mol. The number of aryl methyl sites for hydroxylation is 2. The molecule has 0 aliphatic heterocycles. The molecule has 0 spiro atoms. The van der Waals surface area contributed by atoms with E-state index >= 15 is 0 Å². The molecule has 1 heterocycles. The van der Waals surface area contributed by atoms with E-state index < -0.39 is 10.0 Å². The maximum absolute atomic E-state index is 13.0. The van der Waals surface area contributed by atoms with Gasteiger partial charge in [0.1, 0.15) is 0 Å². The van der Waals surface area contributed by atoms with Crippen LogP contribution in [-0.2, 0) is 17.1 Å². The average Bonchev–Trinajstić information content (AvgIpc) is 3.10. The first-order valence-corrected chi connectivity index (χ1v) is 12.8. The van der Waals surface area contributed by atoms with E-state index in [2.05, 4.69) is 4.99 Å². The molecule has 1 fully saturated rings. The molecule has 1 amide bonds. The first-order chi connectivity index (χ1) is 14.8. The van der Waals surface area contributed by atoms with Crippen LogP contribution in [-0.4, -0.2) is 36.3 Å². The number of carbonyl (C=O) groups is 1. The van der Waals surface area contributed by atoms with Crippen molar-refractivity contribution in [1.82, 2.24) is 8.87 Å². The molecule has 2 aromatic carbocycles. The second kappa shape index (κ2) is 8.68. The molecule has 31 heavy (non-hydrogen) atoms. The number of hydrogen-bond donors (Lipinski definition) is 0. The van der Waals surface area contributed by atoms with Crippen LogP contribution in [0.5, 0.6) is 0 Å². The van der Waals surface area contributed by atoms with E-state index in [0.29, 0.717) is 10.4 Å².